The van der Waals surface area contributed by atoms with E-state index >= 15 is 0 Å². The van der Waals surface area contributed by atoms with Crippen LogP contribution in [0.15, 0.2) is 108 Å². The molecule has 1 N–H and O–H groups in total. The van der Waals surface area contributed by atoms with Gasteiger partial charge in [0.15, 0.2) is 0 Å². The Morgan fingerprint density at radius 3 is 2.26 bits per heavy atom. The maximum atomic E-state index is 13.7. The molecule has 1 aliphatic carbocycles. The Hall–Kier alpha value is -4.52. The number of ketones is 1. The van der Waals surface area contributed by atoms with E-state index in [4.69, 9.17) is 4.74 Å². The lowest BCUT2D eigenvalue weighted by atomic mass is 9.68. The van der Waals surface area contributed by atoms with E-state index in [0.29, 0.717) is 29.7 Å². The zero-order valence-corrected chi connectivity index (χ0v) is 21.0. The summed E-state index contributed by atoms with van der Waals surface area (Å²) in [4.78, 5) is 37.9. The molecule has 1 heterocycles. The van der Waals surface area contributed by atoms with Gasteiger partial charge < -0.3 is 10.1 Å². The summed E-state index contributed by atoms with van der Waals surface area (Å²) in [5, 5.41) is 14.6. The number of benzene rings is 3. The number of carbonyl (C=O) groups excluding carboxylic acids is 2. The van der Waals surface area contributed by atoms with E-state index in [1.807, 2.05) is 60.7 Å². The standard InChI is InChI=1S/C31H28N2O5/c1-20-28(31(35)38-17-16-21-8-4-2-5-9-21)29(23-12-14-25(15-13-23)33(36)37)30-26(32-20)18-24(19-27(30)34)22-10-6-3-7-11-22/h2-15,18,24,29-30,32H,16-17,19H2,1H3. The van der Waals surface area contributed by atoms with Gasteiger partial charge in [0, 0.05) is 48.2 Å². The number of allylic oxidation sites excluding steroid dienone is 3. The Morgan fingerprint density at radius 1 is 0.947 bits per heavy atom. The van der Waals surface area contributed by atoms with Gasteiger partial charge in [0.1, 0.15) is 5.78 Å². The van der Waals surface area contributed by atoms with E-state index in [2.05, 4.69) is 11.4 Å². The minimum atomic E-state index is -0.614. The number of rotatable bonds is 7. The van der Waals surface area contributed by atoms with Crippen LogP contribution in [-0.2, 0) is 20.7 Å². The monoisotopic (exact) mass is 508 g/mol. The molecule has 0 saturated carbocycles. The topological polar surface area (TPSA) is 98.5 Å². The number of nitro benzene ring substituents is 1. The van der Waals surface area contributed by atoms with Crippen molar-refractivity contribution in [2.75, 3.05) is 6.61 Å². The molecular weight excluding hydrogens is 480 g/mol. The third kappa shape index (κ3) is 5.13. The van der Waals surface area contributed by atoms with Crippen molar-refractivity contribution in [3.05, 3.63) is 135 Å². The normalized spacial score (nSPS) is 20.7. The lowest BCUT2D eigenvalue weighted by Gasteiger charge is -2.39. The molecule has 5 rings (SSSR count). The second-order valence-electron chi connectivity index (χ2n) is 9.65. The first kappa shape index (κ1) is 25.1. The van der Waals surface area contributed by atoms with Crippen LogP contribution in [0.5, 0.6) is 0 Å². The number of fused-ring (bicyclic) bond motifs is 1. The third-order valence-electron chi connectivity index (χ3n) is 7.24. The number of hydrogen-bond acceptors (Lipinski definition) is 6. The van der Waals surface area contributed by atoms with Crippen LogP contribution in [0.25, 0.3) is 0 Å². The van der Waals surface area contributed by atoms with Crippen molar-refractivity contribution in [1.29, 1.82) is 0 Å². The number of nitrogens with one attached hydrogen (secondary N) is 1. The van der Waals surface area contributed by atoms with Gasteiger partial charge >= 0.3 is 5.97 Å². The third-order valence-corrected chi connectivity index (χ3v) is 7.24. The molecule has 0 radical (unpaired) electrons. The summed E-state index contributed by atoms with van der Waals surface area (Å²) in [5.41, 5.74) is 4.45. The summed E-state index contributed by atoms with van der Waals surface area (Å²) >= 11 is 0. The van der Waals surface area contributed by atoms with Crippen LogP contribution in [0.2, 0.25) is 0 Å². The second-order valence-corrected chi connectivity index (χ2v) is 9.65. The van der Waals surface area contributed by atoms with Gasteiger partial charge in [0.05, 0.1) is 23.0 Å². The van der Waals surface area contributed by atoms with Gasteiger partial charge in [-0.15, -0.1) is 0 Å². The maximum Gasteiger partial charge on any atom is 0.336 e. The molecule has 0 spiro atoms. The Labute approximate surface area is 221 Å². The molecule has 3 aromatic rings. The van der Waals surface area contributed by atoms with E-state index in [0.717, 1.165) is 16.8 Å². The Morgan fingerprint density at radius 2 is 1.61 bits per heavy atom. The summed E-state index contributed by atoms with van der Waals surface area (Å²) in [5.74, 6) is -1.79. The first-order chi connectivity index (χ1) is 18.4. The van der Waals surface area contributed by atoms with Crippen LogP contribution >= 0.6 is 0 Å². The molecule has 38 heavy (non-hydrogen) atoms. The molecule has 0 fully saturated rings. The van der Waals surface area contributed by atoms with E-state index in [1.165, 1.54) is 12.1 Å². The quantitative estimate of drug-likeness (QED) is 0.253. The summed E-state index contributed by atoms with van der Waals surface area (Å²) in [6.07, 6.45) is 2.94. The highest BCUT2D eigenvalue weighted by Gasteiger charge is 2.45. The first-order valence-corrected chi connectivity index (χ1v) is 12.6. The molecule has 192 valence electrons. The molecule has 0 aromatic heterocycles. The van der Waals surface area contributed by atoms with Crippen molar-refractivity contribution in [3.8, 4) is 0 Å². The lowest BCUT2D eigenvalue weighted by Crippen LogP contribution is -2.42. The molecular formula is C31H28N2O5. The lowest BCUT2D eigenvalue weighted by molar-refractivity contribution is -0.384. The average molecular weight is 509 g/mol. The van der Waals surface area contributed by atoms with Crippen molar-refractivity contribution in [2.45, 2.75) is 31.6 Å². The second kappa shape index (κ2) is 10.8. The van der Waals surface area contributed by atoms with Crippen LogP contribution in [0.3, 0.4) is 0 Å². The fraction of sp³-hybridized carbons (Fsp3) is 0.226. The largest absolute Gasteiger partial charge is 0.462 e. The van der Waals surface area contributed by atoms with E-state index in [1.54, 1.807) is 19.1 Å². The summed E-state index contributed by atoms with van der Waals surface area (Å²) in [6, 6.07) is 25.7. The molecule has 0 bridgehead atoms. The first-order valence-electron chi connectivity index (χ1n) is 12.6. The van der Waals surface area contributed by atoms with Crippen molar-refractivity contribution >= 4 is 17.4 Å². The minimum Gasteiger partial charge on any atom is -0.462 e. The molecule has 1 aliphatic heterocycles. The summed E-state index contributed by atoms with van der Waals surface area (Å²) in [7, 11) is 0. The molecule has 7 nitrogen and oxygen atoms in total. The molecule has 7 heteroatoms. The predicted molar refractivity (Wildman–Crippen MR) is 143 cm³/mol. The molecule has 0 amide bonds. The van der Waals surface area contributed by atoms with Crippen LogP contribution in [-0.4, -0.2) is 23.3 Å². The SMILES string of the molecule is CC1=C(C(=O)OCCc2ccccc2)C(c2ccc([N+](=O)[O-])cc2)C2C(=O)CC(c3ccccc3)C=C2N1. The number of nitrogens with zero attached hydrogens (tertiary/aromatic N) is 1. The van der Waals surface area contributed by atoms with Crippen LogP contribution in [0.1, 0.15) is 41.9 Å². The fourth-order valence-corrected chi connectivity index (χ4v) is 5.41. The highest BCUT2D eigenvalue weighted by molar-refractivity contribution is 5.96. The number of ether oxygens (including phenoxy) is 1. The van der Waals surface area contributed by atoms with Gasteiger partial charge in [-0.3, -0.25) is 14.9 Å². The van der Waals surface area contributed by atoms with Gasteiger partial charge in [-0.05, 0) is 23.6 Å². The van der Waals surface area contributed by atoms with E-state index < -0.39 is 22.7 Å². The zero-order chi connectivity index (χ0) is 26.6. The van der Waals surface area contributed by atoms with Crippen molar-refractivity contribution in [1.82, 2.24) is 5.32 Å². The smallest absolute Gasteiger partial charge is 0.336 e. The van der Waals surface area contributed by atoms with Gasteiger partial charge in [0.25, 0.3) is 5.69 Å². The Balaban J connectivity index is 1.50. The van der Waals surface area contributed by atoms with Crippen molar-refractivity contribution < 1.29 is 19.2 Å². The maximum absolute atomic E-state index is 13.7. The van der Waals surface area contributed by atoms with Crippen LogP contribution < -0.4 is 5.32 Å². The van der Waals surface area contributed by atoms with Gasteiger partial charge in [-0.1, -0.05) is 78.9 Å². The molecule has 0 saturated heterocycles. The highest BCUT2D eigenvalue weighted by atomic mass is 16.6. The zero-order valence-electron chi connectivity index (χ0n) is 21.0. The number of Topliss-reactive ketones (excluding diaryl/α,β-unsaturated/α-hetero) is 1. The van der Waals surface area contributed by atoms with E-state index in [9.17, 15) is 19.7 Å². The van der Waals surface area contributed by atoms with Gasteiger partial charge in [-0.25, -0.2) is 4.79 Å². The number of carbonyl (C=O) groups is 2. The highest BCUT2D eigenvalue weighted by Crippen LogP contribution is 2.46. The minimum absolute atomic E-state index is 0.00860. The number of hydrogen-bond donors (Lipinski definition) is 1. The molecule has 3 unspecified atom stereocenters. The van der Waals surface area contributed by atoms with Gasteiger partial charge in [0.2, 0.25) is 0 Å². The molecule has 2 aliphatic rings. The number of non-ortho nitro benzene ring substituents is 1. The summed E-state index contributed by atoms with van der Waals surface area (Å²) in [6.45, 7) is 2.00. The fourth-order valence-electron chi connectivity index (χ4n) is 5.41. The number of nitro groups is 1. The molecule has 3 atom stereocenters. The van der Waals surface area contributed by atoms with Crippen molar-refractivity contribution in [3.63, 3.8) is 0 Å². The van der Waals surface area contributed by atoms with Crippen LogP contribution in [0.4, 0.5) is 5.69 Å². The van der Waals surface area contributed by atoms with Crippen molar-refractivity contribution in [2.24, 2.45) is 5.92 Å². The Kier molecular flexibility index (Phi) is 7.18. The Bertz CT molecular complexity index is 1410. The number of esters is 1. The molecule has 3 aromatic carbocycles. The average Bonchev–Trinajstić information content (AvgIpc) is 2.93. The summed E-state index contributed by atoms with van der Waals surface area (Å²) < 4.78 is 5.70. The van der Waals surface area contributed by atoms with E-state index in [-0.39, 0.29) is 24.0 Å². The predicted octanol–water partition coefficient (Wildman–Crippen LogP) is 5.60. The van der Waals surface area contributed by atoms with Gasteiger partial charge in [-0.2, -0.15) is 0 Å². The van der Waals surface area contributed by atoms with Crippen LogP contribution in [0, 0.1) is 16.0 Å².